The van der Waals surface area contributed by atoms with Crippen molar-refractivity contribution >= 4 is 5.82 Å². The predicted molar refractivity (Wildman–Crippen MR) is 56.7 cm³/mol. The lowest BCUT2D eigenvalue weighted by atomic mass is 10.5. The molecule has 0 aliphatic heterocycles. The Balaban J connectivity index is 3.14. The van der Waals surface area contributed by atoms with Gasteiger partial charge in [0.2, 0.25) is 5.82 Å². The monoisotopic (exact) mass is 208 g/mol. The molecule has 0 saturated heterocycles. The Kier molecular flexibility index (Phi) is 3.29. The maximum atomic E-state index is 11.5. The van der Waals surface area contributed by atoms with E-state index in [1.54, 1.807) is 6.92 Å². The van der Waals surface area contributed by atoms with Crippen molar-refractivity contribution in [3.8, 4) is 11.8 Å². The zero-order valence-corrected chi connectivity index (χ0v) is 8.87. The highest BCUT2D eigenvalue weighted by Crippen LogP contribution is 1.86. The summed E-state index contributed by atoms with van der Waals surface area (Å²) in [6.07, 6.45) is 0. The Bertz CT molecular complexity index is 530. The van der Waals surface area contributed by atoms with E-state index in [9.17, 15) is 9.59 Å². The van der Waals surface area contributed by atoms with Crippen LogP contribution in [0, 0.1) is 11.8 Å². The Morgan fingerprint density at radius 2 is 2.07 bits per heavy atom. The van der Waals surface area contributed by atoms with Crippen LogP contribution in [0.4, 0.5) is 5.82 Å². The van der Waals surface area contributed by atoms with E-state index >= 15 is 0 Å². The summed E-state index contributed by atoms with van der Waals surface area (Å²) in [6, 6.07) is 0. The van der Waals surface area contributed by atoms with Crippen LogP contribution in [0.3, 0.4) is 0 Å². The van der Waals surface area contributed by atoms with Gasteiger partial charge >= 0.3 is 5.69 Å². The molecule has 1 aromatic rings. The molecule has 6 heteroatoms. The van der Waals surface area contributed by atoms with Gasteiger partial charge in [-0.25, -0.2) is 9.48 Å². The fourth-order valence-electron chi connectivity index (χ4n) is 1.03. The Labute approximate surface area is 86.5 Å². The lowest BCUT2D eigenvalue weighted by Gasteiger charge is -2.05. The van der Waals surface area contributed by atoms with Crippen molar-refractivity contribution in [2.24, 2.45) is 14.1 Å². The minimum absolute atomic E-state index is 0.127. The van der Waals surface area contributed by atoms with Crippen LogP contribution in [0.15, 0.2) is 9.59 Å². The molecule has 0 spiro atoms. The average molecular weight is 208 g/mol. The molecule has 0 amide bonds. The van der Waals surface area contributed by atoms with Gasteiger partial charge in [-0.15, -0.1) is 11.0 Å². The smallest absolute Gasteiger partial charge is 0.346 e. The topological polar surface area (TPSA) is 68.9 Å². The number of hydrogen-bond acceptors (Lipinski definition) is 4. The van der Waals surface area contributed by atoms with Crippen LogP contribution in [0.1, 0.15) is 6.92 Å². The number of aryl methyl sites for hydroxylation is 1. The first-order chi connectivity index (χ1) is 7.07. The molecule has 1 aromatic heterocycles. The quantitative estimate of drug-likeness (QED) is 0.627. The number of aromatic nitrogens is 3. The first kappa shape index (κ1) is 11.0. The summed E-state index contributed by atoms with van der Waals surface area (Å²) in [5, 5.41) is 6.54. The van der Waals surface area contributed by atoms with Crippen LogP contribution in [0.5, 0.6) is 0 Å². The van der Waals surface area contributed by atoms with Crippen LogP contribution in [0.2, 0.25) is 0 Å². The van der Waals surface area contributed by atoms with Gasteiger partial charge in [0, 0.05) is 14.1 Å². The van der Waals surface area contributed by atoms with Crippen molar-refractivity contribution in [2.45, 2.75) is 6.92 Å². The molecule has 6 nitrogen and oxygen atoms in total. The van der Waals surface area contributed by atoms with Gasteiger partial charge in [0.15, 0.2) is 0 Å². The molecule has 1 N–H and O–H groups in total. The molecule has 1 rings (SSSR count). The Morgan fingerprint density at radius 3 is 2.67 bits per heavy atom. The standard InChI is InChI=1S/C9H12N4O2/c1-4-5-6-10-7-8(14)12(2)9(15)13(3)11-7/h6H2,1-3H3,(H,10,11). The molecule has 0 unspecified atom stereocenters. The van der Waals surface area contributed by atoms with Gasteiger partial charge in [0.1, 0.15) is 0 Å². The first-order valence-corrected chi connectivity index (χ1v) is 4.35. The molecule has 15 heavy (non-hydrogen) atoms. The summed E-state index contributed by atoms with van der Waals surface area (Å²) < 4.78 is 2.10. The van der Waals surface area contributed by atoms with Crippen molar-refractivity contribution in [3.05, 3.63) is 20.8 Å². The first-order valence-electron chi connectivity index (χ1n) is 4.35. The van der Waals surface area contributed by atoms with Gasteiger partial charge < -0.3 is 5.32 Å². The van der Waals surface area contributed by atoms with Gasteiger partial charge in [-0.2, -0.15) is 0 Å². The summed E-state index contributed by atoms with van der Waals surface area (Å²) >= 11 is 0. The lowest BCUT2D eigenvalue weighted by Crippen LogP contribution is -2.40. The highest BCUT2D eigenvalue weighted by atomic mass is 16.2. The SMILES string of the molecule is CC#CCNc1nn(C)c(=O)n(C)c1=O. The summed E-state index contributed by atoms with van der Waals surface area (Å²) in [7, 11) is 2.89. The molecule has 0 bridgehead atoms. The highest BCUT2D eigenvalue weighted by Gasteiger charge is 2.06. The summed E-state index contributed by atoms with van der Waals surface area (Å²) in [4.78, 5) is 22.8. The van der Waals surface area contributed by atoms with E-state index < -0.39 is 11.2 Å². The normalized spacial score (nSPS) is 9.27. The molecular weight excluding hydrogens is 196 g/mol. The molecule has 80 valence electrons. The fraction of sp³-hybridized carbons (Fsp3) is 0.444. The molecule has 0 aliphatic rings. The van der Waals surface area contributed by atoms with Gasteiger partial charge in [-0.1, -0.05) is 5.92 Å². The van der Waals surface area contributed by atoms with E-state index in [-0.39, 0.29) is 5.82 Å². The van der Waals surface area contributed by atoms with Gasteiger partial charge in [0.25, 0.3) is 5.56 Å². The van der Waals surface area contributed by atoms with Gasteiger partial charge in [-0.05, 0) is 6.92 Å². The van der Waals surface area contributed by atoms with Crippen molar-refractivity contribution in [2.75, 3.05) is 11.9 Å². The van der Waals surface area contributed by atoms with Crippen LogP contribution < -0.4 is 16.6 Å². The fourth-order valence-corrected chi connectivity index (χ4v) is 1.03. The van der Waals surface area contributed by atoms with Gasteiger partial charge in [0.05, 0.1) is 6.54 Å². The molecule has 0 aromatic carbocycles. The molecule has 0 saturated carbocycles. The van der Waals surface area contributed by atoms with Gasteiger partial charge in [-0.3, -0.25) is 9.36 Å². The number of nitrogens with one attached hydrogen (secondary N) is 1. The minimum atomic E-state index is -0.452. The van der Waals surface area contributed by atoms with Crippen LogP contribution in [0.25, 0.3) is 0 Å². The summed E-state index contributed by atoms with van der Waals surface area (Å²) in [5.41, 5.74) is -0.900. The molecule has 0 atom stereocenters. The van der Waals surface area contributed by atoms with Crippen molar-refractivity contribution in [3.63, 3.8) is 0 Å². The average Bonchev–Trinajstić information content (AvgIpc) is 2.23. The van der Waals surface area contributed by atoms with Crippen molar-refractivity contribution in [1.82, 2.24) is 14.3 Å². The molecule has 0 fully saturated rings. The number of hydrogen-bond donors (Lipinski definition) is 1. The third-order valence-electron chi connectivity index (χ3n) is 1.84. The minimum Gasteiger partial charge on any atom is -0.353 e. The van der Waals surface area contributed by atoms with E-state index in [0.717, 1.165) is 9.25 Å². The number of nitrogens with zero attached hydrogens (tertiary/aromatic N) is 3. The number of anilines is 1. The largest absolute Gasteiger partial charge is 0.353 e. The third-order valence-corrected chi connectivity index (χ3v) is 1.84. The molecular formula is C9H12N4O2. The predicted octanol–water partition coefficient (Wildman–Crippen LogP) is -1.09. The lowest BCUT2D eigenvalue weighted by molar-refractivity contribution is 0.605. The van der Waals surface area contributed by atoms with E-state index in [4.69, 9.17) is 0 Å². The summed E-state index contributed by atoms with van der Waals surface area (Å²) in [5.74, 6) is 5.55. The van der Waals surface area contributed by atoms with Crippen molar-refractivity contribution < 1.29 is 0 Å². The van der Waals surface area contributed by atoms with E-state index in [1.807, 2.05) is 0 Å². The van der Waals surface area contributed by atoms with Crippen LogP contribution in [-0.4, -0.2) is 20.9 Å². The number of rotatable bonds is 2. The van der Waals surface area contributed by atoms with E-state index in [2.05, 4.69) is 22.3 Å². The zero-order valence-electron chi connectivity index (χ0n) is 8.87. The van der Waals surface area contributed by atoms with E-state index in [0.29, 0.717) is 6.54 Å². The molecule has 0 radical (unpaired) electrons. The summed E-state index contributed by atoms with van der Waals surface area (Å²) in [6.45, 7) is 2.03. The molecule has 0 aliphatic carbocycles. The Morgan fingerprint density at radius 1 is 1.40 bits per heavy atom. The van der Waals surface area contributed by atoms with Crippen molar-refractivity contribution in [1.29, 1.82) is 0 Å². The van der Waals surface area contributed by atoms with Crippen LogP contribution >= 0.6 is 0 Å². The maximum Gasteiger partial charge on any atom is 0.346 e. The maximum absolute atomic E-state index is 11.5. The second-order valence-corrected chi connectivity index (χ2v) is 2.90. The van der Waals surface area contributed by atoms with Crippen LogP contribution in [-0.2, 0) is 14.1 Å². The highest BCUT2D eigenvalue weighted by molar-refractivity contribution is 5.31. The third kappa shape index (κ3) is 2.26. The second-order valence-electron chi connectivity index (χ2n) is 2.90. The Hall–Kier alpha value is -2.03. The van der Waals surface area contributed by atoms with E-state index in [1.165, 1.54) is 14.1 Å². The molecule has 1 heterocycles. The zero-order chi connectivity index (χ0) is 11.4. The second kappa shape index (κ2) is 4.46.